The largest absolute Gasteiger partial charge is 0.464 e. The average molecular weight is 286 g/mol. The highest BCUT2D eigenvalue weighted by Gasteiger charge is 2.21. The van der Waals surface area contributed by atoms with E-state index in [1.807, 2.05) is 6.92 Å². The van der Waals surface area contributed by atoms with E-state index in [2.05, 4.69) is 12.2 Å². The van der Waals surface area contributed by atoms with E-state index >= 15 is 0 Å². The summed E-state index contributed by atoms with van der Waals surface area (Å²) in [5, 5.41) is 2.79. The van der Waals surface area contributed by atoms with Crippen molar-refractivity contribution in [2.75, 3.05) is 13.2 Å². The molecule has 1 amide bonds. The highest BCUT2D eigenvalue weighted by molar-refractivity contribution is 5.84. The van der Waals surface area contributed by atoms with Crippen molar-refractivity contribution < 1.29 is 14.3 Å². The number of nitrogens with one attached hydrogen (secondary N) is 1. The van der Waals surface area contributed by atoms with Gasteiger partial charge in [-0.25, -0.2) is 4.79 Å². The number of amides is 1. The summed E-state index contributed by atoms with van der Waals surface area (Å²) < 4.78 is 5.13. The van der Waals surface area contributed by atoms with Crippen LogP contribution >= 0.6 is 0 Å². The third kappa shape index (κ3) is 9.78. The smallest absolute Gasteiger partial charge is 0.328 e. The van der Waals surface area contributed by atoms with Gasteiger partial charge in [0.1, 0.15) is 6.04 Å². The molecular weight excluding hydrogens is 256 g/mol. The predicted molar refractivity (Wildman–Crippen MR) is 80.2 cm³/mol. The molecule has 0 saturated carbocycles. The quantitative estimate of drug-likeness (QED) is 0.425. The summed E-state index contributed by atoms with van der Waals surface area (Å²) in [6.45, 7) is 5.04. The first kappa shape index (κ1) is 18.9. The first-order valence-corrected chi connectivity index (χ1v) is 7.81. The lowest BCUT2D eigenvalue weighted by Gasteiger charge is -2.17. The number of esters is 1. The topological polar surface area (TPSA) is 81.4 Å². The van der Waals surface area contributed by atoms with Crippen LogP contribution in [0.3, 0.4) is 0 Å². The zero-order valence-corrected chi connectivity index (χ0v) is 13.0. The Morgan fingerprint density at radius 3 is 2.45 bits per heavy atom. The van der Waals surface area contributed by atoms with Gasteiger partial charge in [0.15, 0.2) is 0 Å². The van der Waals surface area contributed by atoms with Crippen molar-refractivity contribution in [1.29, 1.82) is 0 Å². The molecule has 0 heterocycles. The molecule has 0 aliphatic carbocycles. The van der Waals surface area contributed by atoms with Gasteiger partial charge in [-0.3, -0.25) is 4.79 Å². The minimum atomic E-state index is -0.526. The van der Waals surface area contributed by atoms with Crippen LogP contribution in [0, 0.1) is 0 Å². The highest BCUT2D eigenvalue weighted by Crippen LogP contribution is 2.05. The van der Waals surface area contributed by atoms with Gasteiger partial charge < -0.3 is 15.8 Å². The molecule has 3 N–H and O–H groups in total. The van der Waals surface area contributed by atoms with Crippen molar-refractivity contribution in [3.8, 4) is 0 Å². The SMILES string of the molecule is CCCCCC(=O)N[C@@H](CCCCN)C(=O)OCCC. The second-order valence-electron chi connectivity index (χ2n) is 5.03. The Hall–Kier alpha value is -1.10. The number of carbonyl (C=O) groups excluding carboxylic acids is 2. The number of nitrogens with two attached hydrogens (primary N) is 1. The number of rotatable bonds is 12. The van der Waals surface area contributed by atoms with Crippen LogP contribution in [-0.4, -0.2) is 31.1 Å². The molecule has 1 atom stereocenters. The van der Waals surface area contributed by atoms with Crippen LogP contribution in [0.15, 0.2) is 0 Å². The van der Waals surface area contributed by atoms with E-state index in [0.717, 1.165) is 38.5 Å². The fourth-order valence-corrected chi connectivity index (χ4v) is 1.85. The molecule has 0 aromatic heterocycles. The summed E-state index contributed by atoms with van der Waals surface area (Å²) in [5.41, 5.74) is 5.45. The standard InChI is InChI=1S/C15H30N2O3/c1-3-5-6-10-14(18)17-13(9-7-8-11-16)15(19)20-12-4-2/h13H,3-12,16H2,1-2H3,(H,17,18)/t13-/m0/s1. The molecule has 118 valence electrons. The summed E-state index contributed by atoms with van der Waals surface area (Å²) in [5.74, 6) is -0.391. The first-order valence-electron chi connectivity index (χ1n) is 7.81. The van der Waals surface area contributed by atoms with Crippen LogP contribution < -0.4 is 11.1 Å². The van der Waals surface area contributed by atoms with Crippen molar-refractivity contribution in [2.45, 2.75) is 71.3 Å². The molecule has 0 aromatic rings. The lowest BCUT2D eigenvalue weighted by Crippen LogP contribution is -2.42. The summed E-state index contributed by atoms with van der Waals surface area (Å²) >= 11 is 0. The predicted octanol–water partition coefficient (Wildman–Crippen LogP) is 2.13. The molecule has 0 bridgehead atoms. The molecule has 0 rings (SSSR count). The van der Waals surface area contributed by atoms with Crippen molar-refractivity contribution in [3.05, 3.63) is 0 Å². The monoisotopic (exact) mass is 286 g/mol. The molecule has 0 fully saturated rings. The van der Waals surface area contributed by atoms with E-state index in [4.69, 9.17) is 10.5 Å². The third-order valence-electron chi connectivity index (χ3n) is 3.02. The molecule has 0 radical (unpaired) electrons. The van der Waals surface area contributed by atoms with E-state index in [1.165, 1.54) is 0 Å². The van der Waals surface area contributed by atoms with Crippen LogP contribution in [0.5, 0.6) is 0 Å². The molecule has 0 aliphatic rings. The Kier molecular flexibility index (Phi) is 12.2. The van der Waals surface area contributed by atoms with Gasteiger partial charge in [-0.1, -0.05) is 26.7 Å². The maximum absolute atomic E-state index is 11.9. The lowest BCUT2D eigenvalue weighted by molar-refractivity contribution is -0.148. The van der Waals surface area contributed by atoms with Gasteiger partial charge in [0, 0.05) is 6.42 Å². The number of hydrogen-bond donors (Lipinski definition) is 2. The van der Waals surface area contributed by atoms with E-state index in [0.29, 0.717) is 26.0 Å². The summed E-state index contributed by atoms with van der Waals surface area (Å²) in [6.07, 6.45) is 6.49. The molecule has 0 spiro atoms. The Balaban J connectivity index is 4.20. The number of carbonyl (C=O) groups is 2. The second-order valence-corrected chi connectivity index (χ2v) is 5.03. The molecule has 5 heteroatoms. The molecule has 0 aliphatic heterocycles. The van der Waals surface area contributed by atoms with Crippen molar-refractivity contribution >= 4 is 11.9 Å². The molecule has 20 heavy (non-hydrogen) atoms. The van der Waals surface area contributed by atoms with Gasteiger partial charge >= 0.3 is 5.97 Å². The van der Waals surface area contributed by atoms with Gasteiger partial charge in [-0.05, 0) is 38.6 Å². The molecule has 0 saturated heterocycles. The number of hydrogen-bond acceptors (Lipinski definition) is 4. The average Bonchev–Trinajstić information content (AvgIpc) is 2.44. The Morgan fingerprint density at radius 1 is 1.10 bits per heavy atom. The maximum atomic E-state index is 11.9. The zero-order chi connectivity index (χ0) is 15.2. The number of unbranched alkanes of at least 4 members (excludes halogenated alkanes) is 3. The third-order valence-corrected chi connectivity index (χ3v) is 3.02. The normalized spacial score (nSPS) is 11.9. The minimum Gasteiger partial charge on any atom is -0.464 e. The summed E-state index contributed by atoms with van der Waals surface area (Å²) in [6, 6.07) is -0.526. The maximum Gasteiger partial charge on any atom is 0.328 e. The lowest BCUT2D eigenvalue weighted by atomic mass is 10.1. The molecule has 0 aromatic carbocycles. The van der Waals surface area contributed by atoms with Crippen LogP contribution in [0.2, 0.25) is 0 Å². The highest BCUT2D eigenvalue weighted by atomic mass is 16.5. The Morgan fingerprint density at radius 2 is 1.85 bits per heavy atom. The van der Waals surface area contributed by atoms with E-state index in [-0.39, 0.29) is 11.9 Å². The van der Waals surface area contributed by atoms with Crippen LogP contribution in [0.25, 0.3) is 0 Å². The van der Waals surface area contributed by atoms with Crippen molar-refractivity contribution in [2.24, 2.45) is 5.73 Å². The zero-order valence-electron chi connectivity index (χ0n) is 13.0. The van der Waals surface area contributed by atoms with Crippen LogP contribution in [-0.2, 0) is 14.3 Å². The van der Waals surface area contributed by atoms with E-state index < -0.39 is 6.04 Å². The van der Waals surface area contributed by atoms with Gasteiger partial charge in [0.05, 0.1) is 6.61 Å². The Labute approximate surface area is 122 Å². The Bertz CT molecular complexity index is 270. The molecule has 0 unspecified atom stereocenters. The van der Waals surface area contributed by atoms with Gasteiger partial charge in [0.2, 0.25) is 5.91 Å². The molecular formula is C15H30N2O3. The summed E-state index contributed by atoms with van der Waals surface area (Å²) in [4.78, 5) is 23.7. The fourth-order valence-electron chi connectivity index (χ4n) is 1.85. The summed E-state index contributed by atoms with van der Waals surface area (Å²) in [7, 11) is 0. The second kappa shape index (κ2) is 12.9. The van der Waals surface area contributed by atoms with Crippen molar-refractivity contribution in [1.82, 2.24) is 5.32 Å². The molecule has 5 nitrogen and oxygen atoms in total. The number of ether oxygens (including phenoxy) is 1. The van der Waals surface area contributed by atoms with Crippen molar-refractivity contribution in [3.63, 3.8) is 0 Å². The van der Waals surface area contributed by atoms with Gasteiger partial charge in [-0.15, -0.1) is 0 Å². The first-order chi connectivity index (χ1) is 9.65. The minimum absolute atomic E-state index is 0.0651. The van der Waals surface area contributed by atoms with Crippen LogP contribution in [0.4, 0.5) is 0 Å². The van der Waals surface area contributed by atoms with Gasteiger partial charge in [-0.2, -0.15) is 0 Å². The fraction of sp³-hybridized carbons (Fsp3) is 0.867. The van der Waals surface area contributed by atoms with E-state index in [1.54, 1.807) is 0 Å². The van der Waals surface area contributed by atoms with Gasteiger partial charge in [0.25, 0.3) is 0 Å². The van der Waals surface area contributed by atoms with E-state index in [9.17, 15) is 9.59 Å². The van der Waals surface area contributed by atoms with Crippen LogP contribution in [0.1, 0.15) is 65.2 Å².